The van der Waals surface area contributed by atoms with E-state index < -0.39 is 10.0 Å². The average molecular weight is 396 g/mol. The van der Waals surface area contributed by atoms with E-state index in [4.69, 9.17) is 0 Å². The van der Waals surface area contributed by atoms with Gasteiger partial charge in [-0.25, -0.2) is 17.7 Å². The van der Waals surface area contributed by atoms with Gasteiger partial charge in [0.15, 0.2) is 0 Å². The molecule has 0 bridgehead atoms. The highest BCUT2D eigenvalue weighted by atomic mass is 32.2. The van der Waals surface area contributed by atoms with Gasteiger partial charge < -0.3 is 5.32 Å². The number of piperidine rings is 1. The molecule has 0 aliphatic carbocycles. The van der Waals surface area contributed by atoms with E-state index in [1.165, 1.54) is 0 Å². The molecule has 142 valence electrons. The number of para-hydroxylation sites is 1. The van der Waals surface area contributed by atoms with Crippen molar-refractivity contribution in [1.82, 2.24) is 14.6 Å². The van der Waals surface area contributed by atoms with Gasteiger partial charge in [0.2, 0.25) is 15.9 Å². The quantitative estimate of drug-likeness (QED) is 0.781. The van der Waals surface area contributed by atoms with E-state index in [0.717, 1.165) is 15.2 Å². The number of carbonyl (C=O) groups is 1. The molecule has 3 rings (SSSR count). The van der Waals surface area contributed by atoms with Crippen LogP contribution in [-0.4, -0.2) is 48.5 Å². The highest BCUT2D eigenvalue weighted by molar-refractivity contribution is 7.89. The number of sulfonamides is 1. The fraction of sp³-hybridized carbons (Fsp3) is 0.556. The molecule has 6 nitrogen and oxygen atoms in total. The van der Waals surface area contributed by atoms with Gasteiger partial charge in [-0.2, -0.15) is 0 Å². The van der Waals surface area contributed by atoms with Crippen molar-refractivity contribution in [3.63, 3.8) is 0 Å². The van der Waals surface area contributed by atoms with E-state index in [9.17, 15) is 13.2 Å². The van der Waals surface area contributed by atoms with Gasteiger partial charge in [-0.1, -0.05) is 19.1 Å². The summed E-state index contributed by atoms with van der Waals surface area (Å²) in [4.78, 5) is 16.8. The predicted octanol–water partition coefficient (Wildman–Crippen LogP) is 2.55. The van der Waals surface area contributed by atoms with Gasteiger partial charge in [-0.15, -0.1) is 11.3 Å². The summed E-state index contributed by atoms with van der Waals surface area (Å²) in [5.74, 6) is 0.214. The number of aromatic nitrogens is 1. The van der Waals surface area contributed by atoms with Crippen molar-refractivity contribution in [2.75, 3.05) is 18.8 Å². The van der Waals surface area contributed by atoms with Crippen LogP contribution in [-0.2, 0) is 21.2 Å². The number of carbonyl (C=O) groups excluding carboxylic acids is 1. The molecule has 2 aromatic rings. The minimum Gasteiger partial charge on any atom is -0.353 e. The van der Waals surface area contributed by atoms with Crippen LogP contribution in [0.25, 0.3) is 10.2 Å². The third-order valence-corrected chi connectivity index (χ3v) is 7.75. The van der Waals surface area contributed by atoms with Crippen molar-refractivity contribution in [3.8, 4) is 0 Å². The average Bonchev–Trinajstić information content (AvgIpc) is 3.03. The number of nitrogens with one attached hydrogen (secondary N) is 1. The maximum atomic E-state index is 12.2. The van der Waals surface area contributed by atoms with Crippen molar-refractivity contribution >= 4 is 37.5 Å². The van der Waals surface area contributed by atoms with Gasteiger partial charge in [0.1, 0.15) is 0 Å². The Kier molecular flexibility index (Phi) is 6.26. The summed E-state index contributed by atoms with van der Waals surface area (Å²) in [6.45, 7) is 2.85. The first-order valence-corrected chi connectivity index (χ1v) is 11.5. The molecule has 0 radical (unpaired) electrons. The number of fused-ring (bicyclic) bond motifs is 1. The second-order valence-electron chi connectivity index (χ2n) is 6.63. The van der Waals surface area contributed by atoms with Crippen LogP contribution in [0.4, 0.5) is 0 Å². The molecule has 1 aliphatic rings. The number of hydrogen-bond donors (Lipinski definition) is 1. The fourth-order valence-electron chi connectivity index (χ4n) is 3.21. The van der Waals surface area contributed by atoms with Crippen LogP contribution in [0.5, 0.6) is 0 Å². The van der Waals surface area contributed by atoms with Gasteiger partial charge in [-0.3, -0.25) is 4.79 Å². The van der Waals surface area contributed by atoms with Crippen molar-refractivity contribution in [1.29, 1.82) is 0 Å². The van der Waals surface area contributed by atoms with Gasteiger partial charge in [0, 0.05) is 32.0 Å². The minimum absolute atomic E-state index is 0.0131. The van der Waals surface area contributed by atoms with Crippen LogP contribution < -0.4 is 5.32 Å². The van der Waals surface area contributed by atoms with Crippen LogP contribution in [0, 0.1) is 0 Å². The predicted molar refractivity (Wildman–Crippen MR) is 105 cm³/mol. The van der Waals surface area contributed by atoms with E-state index in [1.54, 1.807) is 15.6 Å². The van der Waals surface area contributed by atoms with Crippen LogP contribution >= 0.6 is 11.3 Å². The van der Waals surface area contributed by atoms with E-state index in [1.807, 2.05) is 31.2 Å². The molecule has 8 heteroatoms. The van der Waals surface area contributed by atoms with Crippen LogP contribution in [0.1, 0.15) is 37.6 Å². The van der Waals surface area contributed by atoms with Gasteiger partial charge in [-0.05, 0) is 31.4 Å². The number of rotatable bonds is 7. The van der Waals surface area contributed by atoms with Crippen LogP contribution in [0.15, 0.2) is 24.3 Å². The van der Waals surface area contributed by atoms with Crippen molar-refractivity contribution in [2.24, 2.45) is 0 Å². The molecule has 0 saturated carbocycles. The Bertz CT molecular complexity index is 822. The van der Waals surface area contributed by atoms with E-state index in [2.05, 4.69) is 10.3 Å². The summed E-state index contributed by atoms with van der Waals surface area (Å²) < 4.78 is 26.9. The van der Waals surface area contributed by atoms with E-state index in [-0.39, 0.29) is 17.7 Å². The molecule has 26 heavy (non-hydrogen) atoms. The topological polar surface area (TPSA) is 79.4 Å². The highest BCUT2D eigenvalue weighted by Gasteiger charge is 2.27. The lowest BCUT2D eigenvalue weighted by Crippen LogP contribution is -2.47. The summed E-state index contributed by atoms with van der Waals surface area (Å²) >= 11 is 1.63. The monoisotopic (exact) mass is 395 g/mol. The number of thiazole rings is 1. The second-order valence-corrected chi connectivity index (χ2v) is 9.84. The molecule has 0 spiro atoms. The number of benzene rings is 1. The lowest BCUT2D eigenvalue weighted by atomic mass is 10.1. The Morgan fingerprint density at radius 3 is 2.73 bits per heavy atom. The molecule has 1 saturated heterocycles. The molecule has 1 aromatic carbocycles. The first-order chi connectivity index (χ1) is 12.5. The number of nitrogens with zero attached hydrogens (tertiary/aromatic N) is 2. The lowest BCUT2D eigenvalue weighted by molar-refractivity contribution is -0.122. The van der Waals surface area contributed by atoms with Gasteiger partial charge in [0.05, 0.1) is 21.0 Å². The first kappa shape index (κ1) is 19.3. The summed E-state index contributed by atoms with van der Waals surface area (Å²) in [5, 5.41) is 4.02. The zero-order chi connectivity index (χ0) is 18.6. The summed E-state index contributed by atoms with van der Waals surface area (Å²) in [6.07, 6.45) is 3.03. The molecule has 1 amide bonds. The highest BCUT2D eigenvalue weighted by Crippen LogP contribution is 2.22. The van der Waals surface area contributed by atoms with Gasteiger partial charge >= 0.3 is 0 Å². The summed E-state index contributed by atoms with van der Waals surface area (Å²) in [7, 11) is -3.13. The molecule has 1 fully saturated rings. The van der Waals surface area contributed by atoms with Crippen molar-refractivity contribution in [2.45, 2.75) is 45.1 Å². The second kappa shape index (κ2) is 8.45. The third-order valence-electron chi connectivity index (χ3n) is 4.58. The molecule has 0 atom stereocenters. The third kappa shape index (κ3) is 4.81. The number of amides is 1. The molecule has 1 N–H and O–H groups in total. The van der Waals surface area contributed by atoms with E-state index >= 15 is 0 Å². The Balaban J connectivity index is 1.44. The first-order valence-electron chi connectivity index (χ1n) is 9.09. The largest absolute Gasteiger partial charge is 0.353 e. The fourth-order valence-corrected chi connectivity index (χ4v) is 5.72. The maximum absolute atomic E-state index is 12.2. The Morgan fingerprint density at radius 1 is 1.31 bits per heavy atom. The number of hydrogen-bond acceptors (Lipinski definition) is 5. The summed E-state index contributed by atoms with van der Waals surface area (Å²) in [5.41, 5.74) is 0.980. The Morgan fingerprint density at radius 2 is 2.04 bits per heavy atom. The molecule has 0 unspecified atom stereocenters. The molecular weight excluding hydrogens is 370 g/mol. The minimum atomic E-state index is -3.13. The molecular formula is C18H25N3O3S2. The summed E-state index contributed by atoms with van der Waals surface area (Å²) in [6, 6.07) is 8.04. The van der Waals surface area contributed by atoms with Crippen LogP contribution in [0.3, 0.4) is 0 Å². The zero-order valence-electron chi connectivity index (χ0n) is 15.0. The van der Waals surface area contributed by atoms with Gasteiger partial charge in [0.25, 0.3) is 0 Å². The molecule has 1 aromatic heterocycles. The SMILES string of the molecule is CCCS(=O)(=O)N1CCC(NC(=O)CCc2nc3ccccc3s2)CC1. The van der Waals surface area contributed by atoms with Crippen LogP contribution in [0.2, 0.25) is 0 Å². The maximum Gasteiger partial charge on any atom is 0.220 e. The van der Waals surface area contributed by atoms with E-state index in [0.29, 0.717) is 45.2 Å². The normalized spacial score (nSPS) is 16.8. The lowest BCUT2D eigenvalue weighted by Gasteiger charge is -2.31. The van der Waals surface area contributed by atoms with Crippen molar-refractivity contribution in [3.05, 3.63) is 29.3 Å². The molecule has 2 heterocycles. The zero-order valence-corrected chi connectivity index (χ0v) is 16.6. The molecule has 1 aliphatic heterocycles. The standard InChI is InChI=1S/C18H25N3O3S2/c1-2-13-26(23,24)21-11-9-14(10-12-21)19-17(22)7-8-18-20-15-5-3-4-6-16(15)25-18/h3-6,14H,2,7-13H2,1H3,(H,19,22). The van der Waals surface area contributed by atoms with Crippen molar-refractivity contribution < 1.29 is 13.2 Å². The Labute approximate surface area is 158 Å². The Hall–Kier alpha value is -1.51. The smallest absolute Gasteiger partial charge is 0.220 e. The number of aryl methyl sites for hydroxylation is 1.